The Morgan fingerprint density at radius 2 is 2.03 bits per heavy atom. The molecule has 0 bridgehead atoms. The number of hydrogen-bond donors (Lipinski definition) is 2. The molecule has 3 heterocycles. The van der Waals surface area contributed by atoms with Gasteiger partial charge < -0.3 is 19.4 Å². The van der Waals surface area contributed by atoms with Gasteiger partial charge in [0.1, 0.15) is 5.58 Å². The number of benzene rings is 2. The first-order valence-electron chi connectivity index (χ1n) is 10.0. The summed E-state index contributed by atoms with van der Waals surface area (Å²) in [6.07, 6.45) is 2.49. The number of H-pyrrole nitrogens is 1. The Morgan fingerprint density at radius 3 is 2.84 bits per heavy atom. The Kier molecular flexibility index (Phi) is 4.70. The van der Waals surface area contributed by atoms with Crippen LogP contribution in [0, 0.1) is 0 Å². The standard InChI is InChI=1S/C24H19BrN2O4/c1-2-9-27-21(16-12-26-17-6-4-3-5-15(16)17)20(23(29)24(27)30)22(28)19-11-13-10-14(25)7-8-18(13)31-19/h3-8,10-12,21,26,29H,2,9H2,1H3. The minimum absolute atomic E-state index is 0.0429. The molecule has 1 amide bonds. The van der Waals surface area contributed by atoms with Crippen LogP contribution in [0.25, 0.3) is 21.9 Å². The van der Waals surface area contributed by atoms with Crippen molar-refractivity contribution in [3.63, 3.8) is 0 Å². The summed E-state index contributed by atoms with van der Waals surface area (Å²) in [6, 6.07) is 14.1. The van der Waals surface area contributed by atoms with Crippen molar-refractivity contribution in [2.45, 2.75) is 19.4 Å². The number of nitrogens with zero attached hydrogens (tertiary/aromatic N) is 1. The third-order valence-corrected chi connectivity index (χ3v) is 6.12. The van der Waals surface area contributed by atoms with E-state index in [-0.39, 0.29) is 11.3 Å². The van der Waals surface area contributed by atoms with Crippen LogP contribution in [0.4, 0.5) is 0 Å². The van der Waals surface area contributed by atoms with Gasteiger partial charge in [0.05, 0.1) is 11.6 Å². The van der Waals surface area contributed by atoms with Gasteiger partial charge in [0.2, 0.25) is 5.78 Å². The van der Waals surface area contributed by atoms with Gasteiger partial charge in [-0.25, -0.2) is 0 Å². The molecule has 6 nitrogen and oxygen atoms in total. The minimum Gasteiger partial charge on any atom is -0.503 e. The zero-order valence-corrected chi connectivity index (χ0v) is 18.3. The predicted molar refractivity (Wildman–Crippen MR) is 121 cm³/mol. The second kappa shape index (κ2) is 7.42. The van der Waals surface area contributed by atoms with Crippen LogP contribution in [0.3, 0.4) is 0 Å². The molecule has 4 aromatic rings. The summed E-state index contributed by atoms with van der Waals surface area (Å²) >= 11 is 3.42. The number of furan rings is 1. The predicted octanol–water partition coefficient (Wildman–Crippen LogP) is 5.66. The van der Waals surface area contributed by atoms with Gasteiger partial charge in [0.25, 0.3) is 5.91 Å². The number of ketones is 1. The highest BCUT2D eigenvalue weighted by molar-refractivity contribution is 9.10. The maximum absolute atomic E-state index is 13.5. The van der Waals surface area contributed by atoms with Crippen molar-refractivity contribution in [2.75, 3.05) is 6.54 Å². The van der Waals surface area contributed by atoms with Gasteiger partial charge in [-0.2, -0.15) is 0 Å². The molecule has 0 fully saturated rings. The molecule has 2 aromatic carbocycles. The first-order chi connectivity index (χ1) is 15.0. The smallest absolute Gasteiger partial charge is 0.290 e. The number of carbonyl (C=O) groups is 2. The average Bonchev–Trinajstić information content (AvgIpc) is 3.44. The summed E-state index contributed by atoms with van der Waals surface area (Å²) in [4.78, 5) is 31.2. The number of rotatable bonds is 5. The van der Waals surface area contributed by atoms with E-state index in [1.807, 2.05) is 43.3 Å². The molecule has 0 saturated carbocycles. The molecule has 0 radical (unpaired) electrons. The van der Waals surface area contributed by atoms with E-state index in [4.69, 9.17) is 4.42 Å². The Labute approximate surface area is 186 Å². The van der Waals surface area contributed by atoms with E-state index < -0.39 is 23.5 Å². The number of nitrogens with one attached hydrogen (secondary N) is 1. The second-order valence-electron chi connectivity index (χ2n) is 7.57. The third kappa shape index (κ3) is 3.08. The lowest BCUT2D eigenvalue weighted by Gasteiger charge is -2.25. The van der Waals surface area contributed by atoms with Crippen molar-refractivity contribution in [1.82, 2.24) is 9.88 Å². The van der Waals surface area contributed by atoms with Gasteiger partial charge >= 0.3 is 0 Å². The number of Topliss-reactive ketones (excluding diaryl/α,β-unsaturated/α-hetero) is 1. The van der Waals surface area contributed by atoms with E-state index in [0.29, 0.717) is 18.5 Å². The number of amides is 1. The van der Waals surface area contributed by atoms with Gasteiger partial charge in [0, 0.05) is 39.1 Å². The SMILES string of the molecule is CCCN1C(=O)C(O)=C(C(=O)c2cc3cc(Br)ccc3o2)C1c1c[nH]c2ccccc12. The Bertz CT molecular complexity index is 1380. The summed E-state index contributed by atoms with van der Waals surface area (Å²) in [7, 11) is 0. The monoisotopic (exact) mass is 478 g/mol. The fraction of sp³-hybridized carbons (Fsp3) is 0.167. The number of aromatic nitrogens is 1. The molecule has 1 atom stereocenters. The maximum Gasteiger partial charge on any atom is 0.290 e. The van der Waals surface area contributed by atoms with Crippen LogP contribution in [-0.2, 0) is 4.79 Å². The number of carbonyl (C=O) groups excluding carboxylic acids is 2. The lowest BCUT2D eigenvalue weighted by molar-refractivity contribution is -0.129. The van der Waals surface area contributed by atoms with Crippen LogP contribution in [0.15, 0.2) is 74.9 Å². The number of aliphatic hydroxyl groups excluding tert-OH is 1. The normalized spacial score (nSPS) is 16.8. The molecule has 7 heteroatoms. The summed E-state index contributed by atoms with van der Waals surface area (Å²) in [5, 5.41) is 12.4. The number of para-hydroxylation sites is 1. The first-order valence-corrected chi connectivity index (χ1v) is 10.8. The highest BCUT2D eigenvalue weighted by Crippen LogP contribution is 2.42. The average molecular weight is 479 g/mol. The fourth-order valence-corrected chi connectivity index (χ4v) is 4.64. The molecule has 31 heavy (non-hydrogen) atoms. The number of fused-ring (bicyclic) bond motifs is 2. The number of aliphatic hydroxyl groups is 1. The first kappa shape index (κ1) is 19.6. The largest absolute Gasteiger partial charge is 0.503 e. The Morgan fingerprint density at radius 1 is 1.23 bits per heavy atom. The van der Waals surface area contributed by atoms with Gasteiger partial charge in [-0.05, 0) is 36.8 Å². The van der Waals surface area contributed by atoms with Crippen LogP contribution in [0.5, 0.6) is 0 Å². The topological polar surface area (TPSA) is 86.5 Å². The fourth-order valence-electron chi connectivity index (χ4n) is 4.26. The van der Waals surface area contributed by atoms with E-state index in [2.05, 4.69) is 20.9 Å². The molecule has 2 N–H and O–H groups in total. The molecule has 0 saturated heterocycles. The quantitative estimate of drug-likeness (QED) is 0.362. The van der Waals surface area contributed by atoms with Crippen LogP contribution in [0.2, 0.25) is 0 Å². The van der Waals surface area contributed by atoms with Crippen molar-refractivity contribution in [3.8, 4) is 0 Å². The highest BCUT2D eigenvalue weighted by atomic mass is 79.9. The highest BCUT2D eigenvalue weighted by Gasteiger charge is 2.45. The minimum atomic E-state index is -0.698. The van der Waals surface area contributed by atoms with E-state index in [1.54, 1.807) is 23.2 Å². The number of aromatic amines is 1. The van der Waals surface area contributed by atoms with Crippen molar-refractivity contribution in [2.24, 2.45) is 0 Å². The molecule has 1 unspecified atom stereocenters. The van der Waals surface area contributed by atoms with Crippen molar-refractivity contribution in [3.05, 3.63) is 81.9 Å². The Balaban J connectivity index is 1.66. The zero-order chi connectivity index (χ0) is 21.7. The Hall–Kier alpha value is -3.32. The molecule has 1 aliphatic heterocycles. The van der Waals surface area contributed by atoms with Crippen LogP contribution in [-0.4, -0.2) is 33.2 Å². The maximum atomic E-state index is 13.5. The van der Waals surface area contributed by atoms with Crippen LogP contribution >= 0.6 is 15.9 Å². The van der Waals surface area contributed by atoms with Gasteiger partial charge in [0.15, 0.2) is 11.5 Å². The summed E-state index contributed by atoms with van der Waals surface area (Å²) in [6.45, 7) is 2.37. The van der Waals surface area contributed by atoms with Crippen molar-refractivity contribution >= 4 is 49.5 Å². The van der Waals surface area contributed by atoms with Gasteiger partial charge in [-0.1, -0.05) is 41.1 Å². The lowest BCUT2D eigenvalue weighted by Crippen LogP contribution is -2.31. The summed E-state index contributed by atoms with van der Waals surface area (Å²) < 4.78 is 6.64. The summed E-state index contributed by atoms with van der Waals surface area (Å²) in [5.41, 5.74) is 2.27. The van der Waals surface area contributed by atoms with Gasteiger partial charge in [-0.3, -0.25) is 9.59 Å². The van der Waals surface area contributed by atoms with E-state index in [1.165, 1.54) is 0 Å². The summed E-state index contributed by atoms with van der Waals surface area (Å²) in [5.74, 6) is -1.47. The second-order valence-corrected chi connectivity index (χ2v) is 8.49. The van der Waals surface area contributed by atoms with Gasteiger partial charge in [-0.15, -0.1) is 0 Å². The lowest BCUT2D eigenvalue weighted by atomic mass is 9.94. The van der Waals surface area contributed by atoms with E-state index >= 15 is 0 Å². The van der Waals surface area contributed by atoms with Crippen molar-refractivity contribution < 1.29 is 19.1 Å². The molecule has 156 valence electrons. The van der Waals surface area contributed by atoms with E-state index in [0.717, 1.165) is 26.3 Å². The molecule has 0 spiro atoms. The third-order valence-electron chi connectivity index (χ3n) is 5.63. The molecule has 5 rings (SSSR count). The molecule has 0 aliphatic carbocycles. The molecule has 2 aromatic heterocycles. The van der Waals surface area contributed by atoms with Crippen LogP contribution in [0.1, 0.15) is 35.5 Å². The van der Waals surface area contributed by atoms with E-state index in [9.17, 15) is 14.7 Å². The van der Waals surface area contributed by atoms with Crippen LogP contribution < -0.4 is 0 Å². The molecule has 1 aliphatic rings. The number of halogens is 1. The molecular weight excluding hydrogens is 460 g/mol. The van der Waals surface area contributed by atoms with Crippen molar-refractivity contribution in [1.29, 1.82) is 0 Å². The zero-order valence-electron chi connectivity index (χ0n) is 16.7. The number of hydrogen-bond acceptors (Lipinski definition) is 4. The molecular formula is C24H19BrN2O4.